The van der Waals surface area contributed by atoms with Gasteiger partial charge in [0.2, 0.25) is 0 Å². The Hall–Kier alpha value is -2.73. The van der Waals surface area contributed by atoms with Crippen LogP contribution < -0.4 is 5.56 Å². The van der Waals surface area contributed by atoms with Gasteiger partial charge in [0.1, 0.15) is 6.33 Å². The van der Waals surface area contributed by atoms with Crippen LogP contribution in [0.2, 0.25) is 5.02 Å². The molecule has 0 aliphatic rings. The first kappa shape index (κ1) is 13.0. The highest BCUT2D eigenvalue weighted by Crippen LogP contribution is 2.12. The zero-order valence-corrected chi connectivity index (χ0v) is 12.1. The Kier molecular flexibility index (Phi) is 2.90. The van der Waals surface area contributed by atoms with Crippen molar-refractivity contribution in [2.75, 3.05) is 0 Å². The molecular formula is C15H10ClN5O. The van der Waals surface area contributed by atoms with Gasteiger partial charge in [-0.2, -0.15) is 14.6 Å². The van der Waals surface area contributed by atoms with Crippen LogP contribution in [0.25, 0.3) is 16.7 Å². The summed E-state index contributed by atoms with van der Waals surface area (Å²) in [4.78, 5) is 20.8. The maximum atomic E-state index is 12.6. The normalized spacial score (nSPS) is 11.3. The number of hydrogen-bond acceptors (Lipinski definition) is 4. The lowest BCUT2D eigenvalue weighted by Crippen LogP contribution is -2.21. The summed E-state index contributed by atoms with van der Waals surface area (Å²) >= 11 is 5.88. The lowest BCUT2D eigenvalue weighted by atomic mass is 10.2. The molecular weight excluding hydrogens is 302 g/mol. The Morgan fingerprint density at radius 3 is 2.73 bits per heavy atom. The third-order valence-electron chi connectivity index (χ3n) is 3.51. The van der Waals surface area contributed by atoms with Gasteiger partial charge in [0.25, 0.3) is 11.3 Å². The Morgan fingerprint density at radius 2 is 1.91 bits per heavy atom. The van der Waals surface area contributed by atoms with Crippen LogP contribution in [0.4, 0.5) is 0 Å². The van der Waals surface area contributed by atoms with Crippen LogP contribution >= 0.6 is 11.6 Å². The van der Waals surface area contributed by atoms with Crippen molar-refractivity contribution in [1.82, 2.24) is 24.1 Å². The SMILES string of the molecule is O=c1c2cnc3ncnn3c2ccn1Cc1ccc(Cl)cc1. The van der Waals surface area contributed by atoms with Crippen LogP contribution in [0.1, 0.15) is 5.56 Å². The van der Waals surface area contributed by atoms with Crippen LogP contribution in [0.5, 0.6) is 0 Å². The van der Waals surface area contributed by atoms with Gasteiger partial charge in [0, 0.05) is 17.4 Å². The molecule has 0 N–H and O–H groups in total. The summed E-state index contributed by atoms with van der Waals surface area (Å²) in [6.45, 7) is 0.474. The number of nitrogens with zero attached hydrogens (tertiary/aromatic N) is 5. The van der Waals surface area contributed by atoms with Gasteiger partial charge in [-0.15, -0.1) is 0 Å². The van der Waals surface area contributed by atoms with Crippen LogP contribution in [-0.2, 0) is 6.54 Å². The van der Waals surface area contributed by atoms with Gasteiger partial charge in [-0.3, -0.25) is 4.79 Å². The molecule has 4 rings (SSSR count). The van der Waals surface area contributed by atoms with Crippen LogP contribution in [0.15, 0.2) is 53.8 Å². The second kappa shape index (κ2) is 4.92. The summed E-state index contributed by atoms with van der Waals surface area (Å²) in [7, 11) is 0. The summed E-state index contributed by atoms with van der Waals surface area (Å²) in [5, 5.41) is 5.27. The molecule has 108 valence electrons. The Bertz CT molecular complexity index is 1040. The summed E-state index contributed by atoms with van der Waals surface area (Å²) < 4.78 is 3.19. The summed E-state index contributed by atoms with van der Waals surface area (Å²) in [6.07, 6.45) is 4.71. The van der Waals surface area contributed by atoms with E-state index in [2.05, 4.69) is 15.1 Å². The highest BCUT2D eigenvalue weighted by molar-refractivity contribution is 6.30. The first-order valence-corrected chi connectivity index (χ1v) is 7.02. The molecule has 0 amide bonds. The molecule has 0 bridgehead atoms. The lowest BCUT2D eigenvalue weighted by Gasteiger charge is -2.08. The van der Waals surface area contributed by atoms with Gasteiger partial charge >= 0.3 is 0 Å². The van der Waals surface area contributed by atoms with Crippen molar-refractivity contribution >= 4 is 28.3 Å². The molecule has 3 heterocycles. The van der Waals surface area contributed by atoms with Crippen molar-refractivity contribution in [2.24, 2.45) is 0 Å². The third kappa shape index (κ3) is 2.05. The molecule has 0 saturated heterocycles. The van der Waals surface area contributed by atoms with Gasteiger partial charge in [-0.05, 0) is 23.8 Å². The number of fused-ring (bicyclic) bond motifs is 3. The van der Waals surface area contributed by atoms with Crippen molar-refractivity contribution in [1.29, 1.82) is 0 Å². The smallest absolute Gasteiger partial charge is 0.261 e. The monoisotopic (exact) mass is 311 g/mol. The predicted octanol–water partition coefficient (Wildman–Crippen LogP) is 2.14. The fraction of sp³-hybridized carbons (Fsp3) is 0.0667. The molecule has 7 heteroatoms. The minimum atomic E-state index is -0.114. The molecule has 0 unspecified atom stereocenters. The number of benzene rings is 1. The molecule has 0 saturated carbocycles. The molecule has 22 heavy (non-hydrogen) atoms. The highest BCUT2D eigenvalue weighted by Gasteiger charge is 2.08. The van der Waals surface area contributed by atoms with E-state index < -0.39 is 0 Å². The van der Waals surface area contributed by atoms with E-state index in [0.29, 0.717) is 28.2 Å². The first-order valence-electron chi connectivity index (χ1n) is 6.65. The number of aromatic nitrogens is 5. The van der Waals surface area contributed by atoms with E-state index in [9.17, 15) is 4.79 Å². The zero-order valence-electron chi connectivity index (χ0n) is 11.3. The molecule has 4 aromatic rings. The van der Waals surface area contributed by atoms with E-state index in [1.54, 1.807) is 21.5 Å². The molecule has 1 aromatic carbocycles. The van der Waals surface area contributed by atoms with Gasteiger partial charge in [-0.25, -0.2) is 4.98 Å². The number of hydrogen-bond donors (Lipinski definition) is 0. The molecule has 0 radical (unpaired) electrons. The minimum absolute atomic E-state index is 0.114. The van der Waals surface area contributed by atoms with Gasteiger partial charge in [-0.1, -0.05) is 23.7 Å². The molecule has 0 aliphatic heterocycles. The van der Waals surface area contributed by atoms with E-state index in [4.69, 9.17) is 11.6 Å². The molecule has 0 atom stereocenters. The molecule has 6 nitrogen and oxygen atoms in total. The molecule has 0 aliphatic carbocycles. The quantitative estimate of drug-likeness (QED) is 0.569. The molecule has 0 fully saturated rings. The van der Waals surface area contributed by atoms with Crippen molar-refractivity contribution in [3.8, 4) is 0 Å². The predicted molar refractivity (Wildman–Crippen MR) is 83.1 cm³/mol. The fourth-order valence-corrected chi connectivity index (χ4v) is 2.54. The van der Waals surface area contributed by atoms with Crippen LogP contribution in [0.3, 0.4) is 0 Å². The largest absolute Gasteiger partial charge is 0.310 e. The topological polar surface area (TPSA) is 65.1 Å². The first-order chi connectivity index (χ1) is 10.7. The standard InChI is InChI=1S/C15H10ClN5O/c16-11-3-1-10(2-4-11)8-20-6-5-13-12(14(20)22)7-17-15-18-9-19-21(13)15/h1-7,9H,8H2. The number of pyridine rings is 1. The summed E-state index contributed by atoms with van der Waals surface area (Å²) in [5.41, 5.74) is 1.58. The van der Waals surface area contributed by atoms with Gasteiger partial charge in [0.15, 0.2) is 0 Å². The van der Waals surface area contributed by atoms with Crippen LogP contribution in [-0.4, -0.2) is 24.1 Å². The third-order valence-corrected chi connectivity index (χ3v) is 3.76. The van der Waals surface area contributed by atoms with Crippen molar-refractivity contribution < 1.29 is 0 Å². The van der Waals surface area contributed by atoms with E-state index >= 15 is 0 Å². The van der Waals surface area contributed by atoms with E-state index in [1.165, 1.54) is 6.33 Å². The highest BCUT2D eigenvalue weighted by atomic mass is 35.5. The second-order valence-corrected chi connectivity index (χ2v) is 5.34. The maximum Gasteiger partial charge on any atom is 0.261 e. The van der Waals surface area contributed by atoms with E-state index in [-0.39, 0.29) is 5.56 Å². The minimum Gasteiger partial charge on any atom is -0.310 e. The Balaban J connectivity index is 1.85. The average molecular weight is 312 g/mol. The van der Waals surface area contributed by atoms with E-state index in [0.717, 1.165) is 5.56 Å². The summed E-state index contributed by atoms with van der Waals surface area (Å²) in [5.74, 6) is 0.474. The fourth-order valence-electron chi connectivity index (χ4n) is 2.42. The Morgan fingerprint density at radius 1 is 1.09 bits per heavy atom. The van der Waals surface area contributed by atoms with E-state index in [1.807, 2.05) is 30.3 Å². The van der Waals surface area contributed by atoms with Crippen LogP contribution in [0, 0.1) is 0 Å². The molecule has 0 spiro atoms. The number of halogens is 1. The van der Waals surface area contributed by atoms with Crippen molar-refractivity contribution in [2.45, 2.75) is 6.54 Å². The van der Waals surface area contributed by atoms with Crippen molar-refractivity contribution in [3.63, 3.8) is 0 Å². The summed E-state index contributed by atoms with van der Waals surface area (Å²) in [6, 6.07) is 9.26. The second-order valence-electron chi connectivity index (χ2n) is 4.90. The van der Waals surface area contributed by atoms with Crippen molar-refractivity contribution in [3.05, 3.63) is 70.0 Å². The lowest BCUT2D eigenvalue weighted by molar-refractivity contribution is 0.765. The maximum absolute atomic E-state index is 12.6. The average Bonchev–Trinajstić information content (AvgIpc) is 3.01. The number of rotatable bonds is 2. The zero-order chi connectivity index (χ0) is 15.1. The Labute approximate surface area is 129 Å². The molecule has 3 aromatic heterocycles. The van der Waals surface area contributed by atoms with Gasteiger partial charge < -0.3 is 4.57 Å². The van der Waals surface area contributed by atoms with Gasteiger partial charge in [0.05, 0.1) is 17.4 Å².